The number of Topliss-reactive ketones (excluding diaryl/α,β-unsaturated/α-hetero) is 1. The van der Waals surface area contributed by atoms with E-state index in [2.05, 4.69) is 4.98 Å². The summed E-state index contributed by atoms with van der Waals surface area (Å²) in [4.78, 5) is 16.9. The molecule has 0 spiro atoms. The van der Waals surface area contributed by atoms with Crippen LogP contribution in [0.25, 0.3) is 11.4 Å². The number of halogens is 3. The zero-order chi connectivity index (χ0) is 17.5. The topological polar surface area (TPSA) is 34.9 Å². The van der Waals surface area contributed by atoms with E-state index >= 15 is 0 Å². The number of alkyl halides is 3. The lowest BCUT2D eigenvalue weighted by molar-refractivity contribution is -0.137. The Morgan fingerprint density at radius 3 is 2.54 bits per heavy atom. The minimum Gasteiger partial charge on any atom is -0.325 e. The van der Waals surface area contributed by atoms with Crippen LogP contribution in [0.1, 0.15) is 27.2 Å². The molecule has 0 atom stereocenters. The van der Waals surface area contributed by atoms with Crippen LogP contribution in [0.4, 0.5) is 13.2 Å². The molecule has 0 unspecified atom stereocenters. The molecule has 0 radical (unpaired) electrons. The zero-order valence-electron chi connectivity index (χ0n) is 13.2. The van der Waals surface area contributed by atoms with Gasteiger partial charge in [0.15, 0.2) is 5.78 Å². The molecule has 1 aromatic carbocycles. The maximum absolute atomic E-state index is 13.1. The van der Waals surface area contributed by atoms with Gasteiger partial charge in [0.2, 0.25) is 0 Å². The normalized spacial score (nSPS) is 11.9. The summed E-state index contributed by atoms with van der Waals surface area (Å²) in [5, 5.41) is 0. The lowest BCUT2D eigenvalue weighted by Crippen LogP contribution is -2.18. The van der Waals surface area contributed by atoms with Crippen LogP contribution in [0.2, 0.25) is 0 Å². The third-order valence-electron chi connectivity index (χ3n) is 4.11. The molecule has 24 heavy (non-hydrogen) atoms. The number of fused-ring (bicyclic) bond motifs is 1. The van der Waals surface area contributed by atoms with Crippen LogP contribution in [0.15, 0.2) is 42.6 Å². The maximum Gasteiger partial charge on any atom is 0.417 e. The number of carbonyl (C=O) groups excluding carboxylic acids is 1. The molecule has 0 aliphatic carbocycles. The Morgan fingerprint density at radius 1 is 1.12 bits per heavy atom. The standard InChI is InChI=1S/C18H15F3N2O/c1-11-12(2)22-17-13(11)7-5-9-23(17)10-16(24)14-6-3-4-8-15(14)18(19,20)21/h3-9H,10H2,1-2H3. The summed E-state index contributed by atoms with van der Waals surface area (Å²) in [6.45, 7) is 3.59. The Hall–Kier alpha value is -2.63. The average Bonchev–Trinajstić information content (AvgIpc) is 2.83. The van der Waals surface area contributed by atoms with E-state index in [0.29, 0.717) is 5.82 Å². The highest BCUT2D eigenvalue weighted by atomic mass is 19.4. The van der Waals surface area contributed by atoms with Crippen molar-refractivity contribution >= 4 is 5.78 Å². The van der Waals surface area contributed by atoms with E-state index < -0.39 is 17.5 Å². The maximum atomic E-state index is 13.1. The quantitative estimate of drug-likeness (QED) is 0.662. The molecule has 0 N–H and O–H groups in total. The number of aryl methyl sites for hydroxylation is 1. The first-order valence-corrected chi connectivity index (χ1v) is 7.40. The highest BCUT2D eigenvalue weighted by Crippen LogP contribution is 2.33. The summed E-state index contributed by atoms with van der Waals surface area (Å²) in [6, 6.07) is 8.49. The Bertz CT molecular complexity index is 880. The largest absolute Gasteiger partial charge is 0.417 e. The molecule has 0 bridgehead atoms. The fourth-order valence-electron chi connectivity index (χ4n) is 2.74. The van der Waals surface area contributed by atoms with Gasteiger partial charge in [-0.15, -0.1) is 0 Å². The van der Waals surface area contributed by atoms with Gasteiger partial charge in [-0.05, 0) is 37.6 Å². The van der Waals surface area contributed by atoms with E-state index in [1.54, 1.807) is 16.8 Å². The van der Waals surface area contributed by atoms with Gasteiger partial charge in [-0.1, -0.05) is 18.2 Å². The molecule has 3 nitrogen and oxygen atoms in total. The summed E-state index contributed by atoms with van der Waals surface area (Å²) in [7, 11) is 0. The molecular weight excluding hydrogens is 317 g/mol. The van der Waals surface area contributed by atoms with Crippen LogP contribution in [0, 0.1) is 13.8 Å². The van der Waals surface area contributed by atoms with E-state index in [-0.39, 0.29) is 12.1 Å². The Labute approximate surface area is 137 Å². The molecule has 2 aliphatic rings. The first-order valence-electron chi connectivity index (χ1n) is 7.40. The van der Waals surface area contributed by atoms with E-state index in [0.717, 1.165) is 22.9 Å². The first-order chi connectivity index (χ1) is 11.3. The molecule has 2 heterocycles. The summed E-state index contributed by atoms with van der Waals surface area (Å²) in [6.07, 6.45) is -2.91. The van der Waals surface area contributed by atoms with E-state index in [4.69, 9.17) is 0 Å². The van der Waals surface area contributed by atoms with Gasteiger partial charge in [0.05, 0.1) is 12.1 Å². The summed E-state index contributed by atoms with van der Waals surface area (Å²) >= 11 is 0. The van der Waals surface area contributed by atoms with E-state index in [1.165, 1.54) is 18.2 Å². The number of pyridine rings is 1. The van der Waals surface area contributed by atoms with Crippen molar-refractivity contribution < 1.29 is 18.0 Å². The fraction of sp³-hybridized carbons (Fsp3) is 0.222. The number of rotatable bonds is 3. The van der Waals surface area contributed by atoms with Crippen LogP contribution in [-0.4, -0.2) is 15.3 Å². The van der Waals surface area contributed by atoms with Gasteiger partial charge in [-0.25, -0.2) is 4.98 Å². The monoisotopic (exact) mass is 332 g/mol. The molecular formula is C18H15F3N2O. The zero-order valence-corrected chi connectivity index (χ0v) is 13.2. The van der Waals surface area contributed by atoms with Crippen molar-refractivity contribution in [2.24, 2.45) is 0 Å². The molecule has 0 amide bonds. The minimum atomic E-state index is -4.56. The number of hydrogen-bond donors (Lipinski definition) is 0. The van der Waals surface area contributed by atoms with E-state index in [9.17, 15) is 18.0 Å². The smallest absolute Gasteiger partial charge is 0.325 e. The first kappa shape index (κ1) is 16.2. The highest BCUT2D eigenvalue weighted by molar-refractivity contribution is 5.97. The van der Waals surface area contributed by atoms with Gasteiger partial charge in [0.1, 0.15) is 5.82 Å². The van der Waals surface area contributed by atoms with Crippen molar-refractivity contribution in [1.29, 1.82) is 0 Å². The van der Waals surface area contributed by atoms with Crippen molar-refractivity contribution in [3.8, 4) is 11.4 Å². The molecule has 1 aromatic rings. The van der Waals surface area contributed by atoms with Crippen molar-refractivity contribution in [1.82, 2.24) is 9.55 Å². The van der Waals surface area contributed by atoms with Crippen molar-refractivity contribution in [2.75, 3.05) is 0 Å². The summed E-state index contributed by atoms with van der Waals surface area (Å²) < 4.78 is 40.8. The lowest BCUT2D eigenvalue weighted by atomic mass is 10.0. The number of ketones is 1. The van der Waals surface area contributed by atoms with Crippen molar-refractivity contribution in [3.63, 3.8) is 0 Å². The number of hydrogen-bond acceptors (Lipinski definition) is 2. The van der Waals surface area contributed by atoms with Crippen molar-refractivity contribution in [3.05, 3.63) is 65.0 Å². The number of aromatic nitrogens is 2. The second kappa shape index (κ2) is 5.78. The van der Waals surface area contributed by atoms with Crippen LogP contribution in [-0.2, 0) is 12.7 Å². The van der Waals surface area contributed by atoms with Gasteiger partial charge >= 0.3 is 6.18 Å². The Balaban J connectivity index is 1.98. The molecule has 0 saturated carbocycles. The summed E-state index contributed by atoms with van der Waals surface area (Å²) in [5.74, 6) is 0.00377. The molecule has 0 fully saturated rings. The predicted molar refractivity (Wildman–Crippen MR) is 84.1 cm³/mol. The van der Waals surface area contributed by atoms with Crippen LogP contribution < -0.4 is 0 Å². The molecule has 124 valence electrons. The molecule has 0 saturated heterocycles. The van der Waals surface area contributed by atoms with Crippen LogP contribution >= 0.6 is 0 Å². The Morgan fingerprint density at radius 2 is 1.83 bits per heavy atom. The average molecular weight is 332 g/mol. The number of carbonyl (C=O) groups is 1. The SMILES string of the molecule is Cc1nc2n(CC(=O)c3ccccc3C(F)(F)F)cccc-2c1C. The van der Waals surface area contributed by atoms with E-state index in [1.807, 2.05) is 19.9 Å². The van der Waals surface area contributed by atoms with Gasteiger partial charge in [-0.3, -0.25) is 4.79 Å². The fourth-order valence-corrected chi connectivity index (χ4v) is 2.74. The third-order valence-corrected chi connectivity index (χ3v) is 4.11. The number of nitrogens with zero attached hydrogens (tertiary/aromatic N) is 2. The molecule has 0 aromatic heterocycles. The lowest BCUT2D eigenvalue weighted by Gasteiger charge is -2.14. The summed E-state index contributed by atoms with van der Waals surface area (Å²) in [5.41, 5.74) is 1.50. The third kappa shape index (κ3) is 2.79. The second-order valence-corrected chi connectivity index (χ2v) is 5.66. The highest BCUT2D eigenvalue weighted by Gasteiger charge is 2.34. The molecule has 2 aliphatic heterocycles. The van der Waals surface area contributed by atoms with Crippen molar-refractivity contribution in [2.45, 2.75) is 26.6 Å². The molecule has 6 heteroatoms. The number of benzene rings is 1. The Kier molecular flexibility index (Phi) is 3.91. The predicted octanol–water partition coefficient (Wildman–Crippen LogP) is 4.51. The minimum absolute atomic E-state index is 0.194. The van der Waals surface area contributed by atoms with Crippen LogP contribution in [0.3, 0.4) is 0 Å². The second-order valence-electron chi connectivity index (χ2n) is 5.66. The van der Waals surface area contributed by atoms with Crippen LogP contribution in [0.5, 0.6) is 0 Å². The van der Waals surface area contributed by atoms with Gasteiger partial charge in [0, 0.05) is 23.0 Å². The van der Waals surface area contributed by atoms with Gasteiger partial charge in [-0.2, -0.15) is 13.2 Å². The van der Waals surface area contributed by atoms with Gasteiger partial charge in [0.25, 0.3) is 0 Å². The molecule has 3 rings (SSSR count). The van der Waals surface area contributed by atoms with Gasteiger partial charge < -0.3 is 4.57 Å².